The van der Waals surface area contributed by atoms with Crippen LogP contribution < -0.4 is 0 Å². The van der Waals surface area contributed by atoms with Gasteiger partial charge in [-0.3, -0.25) is 4.90 Å². The molecule has 0 amide bonds. The minimum atomic E-state index is 0.500. The van der Waals surface area contributed by atoms with Crippen molar-refractivity contribution in [2.45, 2.75) is 26.9 Å². The molecule has 0 saturated carbocycles. The Morgan fingerprint density at radius 1 is 1.28 bits per heavy atom. The third-order valence-electron chi connectivity index (χ3n) is 2.54. The highest BCUT2D eigenvalue weighted by Crippen LogP contribution is 2.15. The quantitative estimate of drug-likeness (QED) is 0.809. The Bertz CT molecular complexity index is 520. The molecular formula is C12H15ClN4S. The van der Waals surface area contributed by atoms with Crippen LogP contribution in [0.4, 0.5) is 0 Å². The van der Waals surface area contributed by atoms with Gasteiger partial charge in [0.05, 0.1) is 17.7 Å². The maximum absolute atomic E-state index is 5.92. The summed E-state index contributed by atoms with van der Waals surface area (Å²) in [4.78, 5) is 16.3. The van der Waals surface area contributed by atoms with Crippen molar-refractivity contribution in [2.75, 3.05) is 7.05 Å². The molecule has 0 radical (unpaired) electrons. The smallest absolute Gasteiger partial charge is 0.144 e. The highest BCUT2D eigenvalue weighted by Gasteiger charge is 2.08. The lowest BCUT2D eigenvalue weighted by molar-refractivity contribution is 0.312. The molecular weight excluding hydrogens is 268 g/mol. The lowest BCUT2D eigenvalue weighted by Crippen LogP contribution is -2.19. The van der Waals surface area contributed by atoms with Gasteiger partial charge in [-0.05, 0) is 27.0 Å². The molecule has 18 heavy (non-hydrogen) atoms. The molecule has 6 heteroatoms. The van der Waals surface area contributed by atoms with E-state index in [1.807, 2.05) is 26.4 Å². The standard InChI is InChI=1S/C12H15ClN4S/c1-8-4-11(13)16-12(15-8)6-17(3)5-10-9(2)14-7-18-10/h4,7H,5-6H2,1-3H3. The fourth-order valence-electron chi connectivity index (χ4n) is 1.68. The van der Waals surface area contributed by atoms with Gasteiger partial charge in [0.15, 0.2) is 0 Å². The third-order valence-corrected chi connectivity index (χ3v) is 3.65. The zero-order valence-corrected chi connectivity index (χ0v) is 12.2. The van der Waals surface area contributed by atoms with E-state index in [4.69, 9.17) is 11.6 Å². The van der Waals surface area contributed by atoms with E-state index < -0.39 is 0 Å². The SMILES string of the molecule is Cc1cc(Cl)nc(CN(C)Cc2scnc2C)n1. The van der Waals surface area contributed by atoms with E-state index >= 15 is 0 Å². The van der Waals surface area contributed by atoms with Crippen LogP contribution in [0.3, 0.4) is 0 Å². The van der Waals surface area contributed by atoms with Gasteiger partial charge in [0.2, 0.25) is 0 Å². The zero-order valence-electron chi connectivity index (χ0n) is 10.6. The number of halogens is 1. The summed E-state index contributed by atoms with van der Waals surface area (Å²) >= 11 is 7.60. The molecule has 0 aliphatic rings. The number of thiazole rings is 1. The van der Waals surface area contributed by atoms with Crippen molar-refractivity contribution in [3.05, 3.63) is 38.8 Å². The van der Waals surface area contributed by atoms with E-state index in [0.29, 0.717) is 11.7 Å². The van der Waals surface area contributed by atoms with E-state index in [9.17, 15) is 0 Å². The average molecular weight is 283 g/mol. The van der Waals surface area contributed by atoms with Crippen molar-refractivity contribution in [3.8, 4) is 0 Å². The van der Waals surface area contributed by atoms with Crippen molar-refractivity contribution < 1.29 is 0 Å². The van der Waals surface area contributed by atoms with Crippen molar-refractivity contribution in [1.29, 1.82) is 0 Å². The Labute approximate surface area is 116 Å². The normalized spacial score (nSPS) is 11.2. The first-order valence-electron chi connectivity index (χ1n) is 5.62. The predicted molar refractivity (Wildman–Crippen MR) is 73.8 cm³/mol. The number of rotatable bonds is 4. The third kappa shape index (κ3) is 3.48. The number of hydrogen-bond acceptors (Lipinski definition) is 5. The van der Waals surface area contributed by atoms with Crippen LogP contribution in [0.15, 0.2) is 11.6 Å². The Morgan fingerprint density at radius 3 is 2.67 bits per heavy atom. The molecule has 0 saturated heterocycles. The van der Waals surface area contributed by atoms with Crippen LogP contribution in [0.2, 0.25) is 5.15 Å². The van der Waals surface area contributed by atoms with Gasteiger partial charge in [0, 0.05) is 17.1 Å². The first-order chi connectivity index (χ1) is 8.54. The summed E-state index contributed by atoms with van der Waals surface area (Å²) in [7, 11) is 2.04. The molecule has 0 atom stereocenters. The van der Waals surface area contributed by atoms with Crippen molar-refractivity contribution in [2.24, 2.45) is 0 Å². The largest absolute Gasteiger partial charge is 0.294 e. The van der Waals surface area contributed by atoms with E-state index in [2.05, 4.69) is 19.9 Å². The molecule has 2 rings (SSSR count). The highest BCUT2D eigenvalue weighted by molar-refractivity contribution is 7.09. The van der Waals surface area contributed by atoms with Gasteiger partial charge in [0.1, 0.15) is 11.0 Å². The Balaban J connectivity index is 2.03. The second-order valence-electron chi connectivity index (χ2n) is 4.28. The minimum Gasteiger partial charge on any atom is -0.294 e. The molecule has 0 unspecified atom stereocenters. The molecule has 2 heterocycles. The van der Waals surface area contributed by atoms with Crippen LogP contribution in [0, 0.1) is 13.8 Å². The molecule has 96 valence electrons. The molecule has 0 N–H and O–H groups in total. The van der Waals surface area contributed by atoms with Crippen LogP contribution in [-0.4, -0.2) is 26.9 Å². The Kier molecular flexibility index (Phi) is 4.27. The minimum absolute atomic E-state index is 0.500. The summed E-state index contributed by atoms with van der Waals surface area (Å²) in [6.45, 7) is 5.48. The maximum atomic E-state index is 5.92. The van der Waals surface area contributed by atoms with Crippen molar-refractivity contribution in [3.63, 3.8) is 0 Å². The summed E-state index contributed by atoms with van der Waals surface area (Å²) in [5.41, 5.74) is 3.86. The molecule has 0 bridgehead atoms. The van der Waals surface area contributed by atoms with E-state index in [1.165, 1.54) is 4.88 Å². The Morgan fingerprint density at radius 2 is 2.06 bits per heavy atom. The summed E-state index contributed by atoms with van der Waals surface area (Å²) in [6, 6.07) is 1.76. The van der Waals surface area contributed by atoms with Gasteiger partial charge in [-0.2, -0.15) is 0 Å². The lowest BCUT2D eigenvalue weighted by atomic mass is 10.3. The van der Waals surface area contributed by atoms with Crippen LogP contribution in [0.5, 0.6) is 0 Å². The van der Waals surface area contributed by atoms with Gasteiger partial charge >= 0.3 is 0 Å². The van der Waals surface area contributed by atoms with Crippen LogP contribution in [0.25, 0.3) is 0 Å². The highest BCUT2D eigenvalue weighted by atomic mass is 35.5. The second-order valence-corrected chi connectivity index (χ2v) is 5.61. The maximum Gasteiger partial charge on any atom is 0.144 e. The van der Waals surface area contributed by atoms with Gasteiger partial charge in [-0.1, -0.05) is 11.6 Å². The fraction of sp³-hybridized carbons (Fsp3) is 0.417. The van der Waals surface area contributed by atoms with E-state index in [0.717, 1.165) is 23.8 Å². The van der Waals surface area contributed by atoms with E-state index in [-0.39, 0.29) is 0 Å². The molecule has 0 fully saturated rings. The van der Waals surface area contributed by atoms with Gasteiger partial charge < -0.3 is 0 Å². The van der Waals surface area contributed by atoms with Gasteiger partial charge in [-0.15, -0.1) is 11.3 Å². The zero-order chi connectivity index (χ0) is 13.1. The summed E-state index contributed by atoms with van der Waals surface area (Å²) in [5, 5.41) is 0.500. The van der Waals surface area contributed by atoms with Crippen molar-refractivity contribution >= 4 is 22.9 Å². The molecule has 0 aromatic carbocycles. The van der Waals surface area contributed by atoms with Gasteiger partial charge in [0.25, 0.3) is 0 Å². The first kappa shape index (κ1) is 13.4. The molecule has 0 aliphatic heterocycles. The number of aromatic nitrogens is 3. The summed E-state index contributed by atoms with van der Waals surface area (Å²) < 4.78 is 0. The Hall–Kier alpha value is -1.04. The fourth-order valence-corrected chi connectivity index (χ4v) is 2.79. The van der Waals surface area contributed by atoms with Crippen LogP contribution in [0.1, 0.15) is 22.1 Å². The number of hydrogen-bond donors (Lipinski definition) is 0. The van der Waals surface area contributed by atoms with Gasteiger partial charge in [-0.25, -0.2) is 15.0 Å². The van der Waals surface area contributed by atoms with Crippen LogP contribution >= 0.6 is 22.9 Å². The number of nitrogens with zero attached hydrogens (tertiary/aromatic N) is 4. The predicted octanol–water partition coefficient (Wildman–Crippen LogP) is 2.84. The summed E-state index contributed by atoms with van der Waals surface area (Å²) in [5.74, 6) is 0.754. The molecule has 0 spiro atoms. The number of aryl methyl sites for hydroxylation is 2. The van der Waals surface area contributed by atoms with Crippen molar-refractivity contribution in [1.82, 2.24) is 19.9 Å². The topological polar surface area (TPSA) is 41.9 Å². The second kappa shape index (κ2) is 5.73. The van der Waals surface area contributed by atoms with Crippen LogP contribution in [-0.2, 0) is 13.1 Å². The molecule has 2 aromatic rings. The van der Waals surface area contributed by atoms with E-state index in [1.54, 1.807) is 17.4 Å². The lowest BCUT2D eigenvalue weighted by Gasteiger charge is -2.15. The molecule has 2 aromatic heterocycles. The molecule has 0 aliphatic carbocycles. The monoisotopic (exact) mass is 282 g/mol. The first-order valence-corrected chi connectivity index (χ1v) is 6.88. The summed E-state index contributed by atoms with van der Waals surface area (Å²) in [6.07, 6.45) is 0. The molecule has 4 nitrogen and oxygen atoms in total. The average Bonchev–Trinajstić information content (AvgIpc) is 2.62.